The molecule has 3 aromatic rings. The number of nitrogens with one attached hydrogen (secondary N) is 1. The van der Waals surface area contributed by atoms with Gasteiger partial charge in [0.25, 0.3) is 5.56 Å². The fraction of sp³-hybridized carbons (Fsp3) is 0.593. The van der Waals surface area contributed by atoms with E-state index in [4.69, 9.17) is 16.3 Å². The Morgan fingerprint density at radius 1 is 1.03 bits per heavy atom. The van der Waals surface area contributed by atoms with Crippen molar-refractivity contribution in [3.05, 3.63) is 50.1 Å². The van der Waals surface area contributed by atoms with Crippen molar-refractivity contribution in [3.63, 3.8) is 0 Å². The van der Waals surface area contributed by atoms with Crippen LogP contribution in [-0.4, -0.2) is 42.7 Å². The van der Waals surface area contributed by atoms with E-state index < -0.39 is 17.4 Å². The highest BCUT2D eigenvalue weighted by atomic mass is 35.5. The van der Waals surface area contributed by atoms with Gasteiger partial charge >= 0.3 is 5.69 Å². The van der Waals surface area contributed by atoms with E-state index >= 15 is 0 Å². The summed E-state index contributed by atoms with van der Waals surface area (Å²) >= 11 is 7.46. The van der Waals surface area contributed by atoms with Crippen LogP contribution in [0.25, 0.3) is 11.2 Å². The first-order chi connectivity index (χ1) is 17.9. The number of aromatic nitrogens is 4. The van der Waals surface area contributed by atoms with Crippen LogP contribution in [0.2, 0.25) is 5.02 Å². The Morgan fingerprint density at radius 3 is 2.30 bits per heavy atom. The number of aryl methyl sites for hydroxylation is 1. The van der Waals surface area contributed by atoms with Crippen LogP contribution in [0.15, 0.2) is 39.0 Å². The minimum absolute atomic E-state index is 0.0352. The zero-order chi connectivity index (χ0) is 26.6. The van der Waals surface area contributed by atoms with Crippen LogP contribution < -0.4 is 16.0 Å². The van der Waals surface area contributed by atoms with E-state index in [9.17, 15) is 14.7 Å². The van der Waals surface area contributed by atoms with Crippen molar-refractivity contribution in [2.75, 3.05) is 12.4 Å². The van der Waals surface area contributed by atoms with Crippen molar-refractivity contribution in [2.45, 2.75) is 88.9 Å². The number of hydrogen-bond acceptors (Lipinski definition) is 6. The normalized spacial score (nSPS) is 12.3. The summed E-state index contributed by atoms with van der Waals surface area (Å²) in [5, 5.41) is 11.9. The van der Waals surface area contributed by atoms with Crippen molar-refractivity contribution in [3.8, 4) is 5.75 Å². The SMILES string of the molecule is CCCCCCCCCCCCSc1nc2c(c(=O)[nH]c(=O)n2C)n1C[C@@H](O)COc1ccc(Cl)cc1. The first-order valence-corrected chi connectivity index (χ1v) is 14.7. The molecule has 1 atom stereocenters. The van der Waals surface area contributed by atoms with Gasteiger partial charge in [-0.1, -0.05) is 88.1 Å². The molecule has 0 saturated heterocycles. The molecule has 0 fully saturated rings. The van der Waals surface area contributed by atoms with Crippen LogP contribution in [0.3, 0.4) is 0 Å². The standard InChI is InChI=1S/C27H39ClN4O4S/c1-3-4-5-6-7-8-9-10-11-12-17-37-27-29-24-23(25(34)30-26(35)31(24)2)32(27)18-21(33)19-36-22-15-13-20(28)14-16-22/h13-16,21,33H,3-12,17-19H2,1-2H3,(H,30,34,35)/t21-/m1/s1. The smallest absolute Gasteiger partial charge is 0.329 e. The van der Waals surface area contributed by atoms with E-state index in [1.165, 1.54) is 55.9 Å². The molecule has 0 unspecified atom stereocenters. The number of unbranched alkanes of at least 4 members (excludes halogenated alkanes) is 9. The molecule has 0 aliphatic heterocycles. The van der Waals surface area contributed by atoms with E-state index in [0.29, 0.717) is 21.6 Å². The Kier molecular flexibility index (Phi) is 12.1. The Bertz CT molecular complexity index is 1220. The molecule has 2 aromatic heterocycles. The number of aliphatic hydroxyl groups excluding tert-OH is 1. The second-order valence-electron chi connectivity index (χ2n) is 9.44. The fourth-order valence-corrected chi connectivity index (χ4v) is 5.36. The lowest BCUT2D eigenvalue weighted by molar-refractivity contribution is 0.0914. The first-order valence-electron chi connectivity index (χ1n) is 13.3. The predicted octanol–water partition coefficient (Wildman–Crippen LogP) is 5.53. The summed E-state index contributed by atoms with van der Waals surface area (Å²) < 4.78 is 8.71. The molecule has 0 aliphatic carbocycles. The van der Waals surface area contributed by atoms with Crippen molar-refractivity contribution < 1.29 is 9.84 Å². The lowest BCUT2D eigenvalue weighted by Gasteiger charge is -2.15. The number of halogens is 1. The summed E-state index contributed by atoms with van der Waals surface area (Å²) in [6.07, 6.45) is 11.8. The third kappa shape index (κ3) is 8.93. The molecule has 0 saturated carbocycles. The molecule has 2 heterocycles. The number of aromatic amines is 1. The number of nitrogens with zero attached hydrogens (tertiary/aromatic N) is 3. The Morgan fingerprint density at radius 2 is 1.65 bits per heavy atom. The largest absolute Gasteiger partial charge is 0.491 e. The Balaban J connectivity index is 1.58. The number of benzene rings is 1. The van der Waals surface area contributed by atoms with Gasteiger partial charge in [0.1, 0.15) is 18.5 Å². The highest BCUT2D eigenvalue weighted by Crippen LogP contribution is 2.24. The number of ether oxygens (including phenoxy) is 1. The monoisotopic (exact) mass is 550 g/mol. The van der Waals surface area contributed by atoms with Gasteiger partial charge in [0, 0.05) is 17.8 Å². The first kappa shape index (κ1) is 29.3. The topological polar surface area (TPSA) is 102 Å². The Hall–Kier alpha value is -2.23. The van der Waals surface area contributed by atoms with E-state index in [0.717, 1.165) is 18.6 Å². The van der Waals surface area contributed by atoms with Crippen molar-refractivity contribution >= 4 is 34.5 Å². The second kappa shape index (κ2) is 15.2. The van der Waals surface area contributed by atoms with E-state index in [1.54, 1.807) is 47.6 Å². The van der Waals surface area contributed by atoms with Gasteiger partial charge in [0.05, 0.1) is 6.54 Å². The van der Waals surface area contributed by atoms with Crippen molar-refractivity contribution in [1.29, 1.82) is 0 Å². The molecule has 37 heavy (non-hydrogen) atoms. The number of aliphatic hydroxyl groups is 1. The van der Waals surface area contributed by atoms with Crippen LogP contribution in [0, 0.1) is 0 Å². The molecular weight excluding hydrogens is 512 g/mol. The van der Waals surface area contributed by atoms with Gasteiger partial charge in [-0.2, -0.15) is 0 Å². The summed E-state index contributed by atoms with van der Waals surface area (Å²) in [6, 6.07) is 6.90. The maximum absolute atomic E-state index is 12.7. The quantitative estimate of drug-likeness (QED) is 0.169. The number of imidazole rings is 1. The van der Waals surface area contributed by atoms with Crippen molar-refractivity contribution in [2.24, 2.45) is 7.05 Å². The van der Waals surface area contributed by atoms with Crippen molar-refractivity contribution in [1.82, 2.24) is 19.1 Å². The van der Waals surface area contributed by atoms with E-state index in [-0.39, 0.29) is 18.7 Å². The van der Waals surface area contributed by atoms with Gasteiger partial charge in [-0.15, -0.1) is 0 Å². The summed E-state index contributed by atoms with van der Waals surface area (Å²) in [5.74, 6) is 1.44. The number of hydrogen-bond donors (Lipinski definition) is 2. The lowest BCUT2D eigenvalue weighted by Crippen LogP contribution is -2.30. The molecule has 204 valence electrons. The summed E-state index contributed by atoms with van der Waals surface area (Å²) in [5.41, 5.74) is -0.439. The van der Waals surface area contributed by atoms with Crippen LogP contribution in [0.1, 0.15) is 71.1 Å². The lowest BCUT2D eigenvalue weighted by atomic mass is 10.1. The Labute approximate surface area is 227 Å². The molecule has 0 amide bonds. The second-order valence-corrected chi connectivity index (χ2v) is 10.9. The number of H-pyrrole nitrogens is 1. The minimum Gasteiger partial charge on any atom is -0.491 e. The molecular formula is C27H39ClN4O4S. The molecule has 0 aliphatic rings. The zero-order valence-corrected chi connectivity index (χ0v) is 23.5. The van der Waals surface area contributed by atoms with E-state index in [1.807, 2.05) is 0 Å². The van der Waals surface area contributed by atoms with E-state index in [2.05, 4.69) is 16.9 Å². The van der Waals surface area contributed by atoms with Gasteiger partial charge in [-0.3, -0.25) is 14.3 Å². The van der Waals surface area contributed by atoms with Gasteiger partial charge in [-0.25, -0.2) is 9.78 Å². The minimum atomic E-state index is -0.888. The highest BCUT2D eigenvalue weighted by Gasteiger charge is 2.20. The number of fused-ring (bicyclic) bond motifs is 1. The van der Waals surface area contributed by atoms with Crippen LogP contribution in [-0.2, 0) is 13.6 Å². The molecule has 10 heteroatoms. The average molecular weight is 551 g/mol. The molecule has 0 spiro atoms. The maximum Gasteiger partial charge on any atom is 0.329 e. The predicted molar refractivity (Wildman–Crippen MR) is 151 cm³/mol. The number of rotatable bonds is 17. The molecule has 2 N–H and O–H groups in total. The molecule has 3 rings (SSSR count). The summed E-state index contributed by atoms with van der Waals surface area (Å²) in [7, 11) is 1.58. The van der Waals surface area contributed by atoms with Gasteiger partial charge in [0.15, 0.2) is 16.3 Å². The fourth-order valence-electron chi connectivity index (χ4n) is 4.23. The maximum atomic E-state index is 12.7. The van der Waals surface area contributed by atoms with Crippen LogP contribution >= 0.6 is 23.4 Å². The summed E-state index contributed by atoms with van der Waals surface area (Å²) in [4.78, 5) is 31.7. The van der Waals surface area contributed by atoms with Gasteiger partial charge in [-0.05, 0) is 30.7 Å². The third-order valence-electron chi connectivity index (χ3n) is 6.35. The molecule has 8 nitrogen and oxygen atoms in total. The zero-order valence-electron chi connectivity index (χ0n) is 21.9. The molecule has 0 bridgehead atoms. The van der Waals surface area contributed by atoms with Crippen LogP contribution in [0.5, 0.6) is 5.75 Å². The van der Waals surface area contributed by atoms with Gasteiger partial charge in [0.2, 0.25) is 0 Å². The average Bonchev–Trinajstić information content (AvgIpc) is 3.24. The molecule has 1 aromatic carbocycles. The third-order valence-corrected chi connectivity index (χ3v) is 7.67. The summed E-state index contributed by atoms with van der Waals surface area (Å²) in [6.45, 7) is 2.39. The highest BCUT2D eigenvalue weighted by molar-refractivity contribution is 7.99. The van der Waals surface area contributed by atoms with Gasteiger partial charge < -0.3 is 14.4 Å². The molecule has 0 radical (unpaired) electrons. The van der Waals surface area contributed by atoms with Crippen LogP contribution in [0.4, 0.5) is 0 Å². The number of thioether (sulfide) groups is 1.